The normalized spacial score (nSPS) is 22.3. The highest BCUT2D eigenvalue weighted by atomic mass is 31.2. The number of phosphoric acid groups is 1. The van der Waals surface area contributed by atoms with E-state index in [4.69, 9.17) is 20.4 Å². The molecular formula is C21H26FN2O5P. The number of nitrogens with two attached hydrogens (primary N) is 1. The Bertz CT molecular complexity index is 947. The largest absolute Gasteiger partial charge is 0.469 e. The monoisotopic (exact) mass is 436 g/mol. The van der Waals surface area contributed by atoms with Gasteiger partial charge in [-0.3, -0.25) is 4.52 Å². The third-order valence-corrected chi connectivity index (χ3v) is 5.75. The molecule has 0 saturated heterocycles. The molecule has 30 heavy (non-hydrogen) atoms. The molecule has 1 fully saturated rings. The van der Waals surface area contributed by atoms with Gasteiger partial charge < -0.3 is 20.4 Å². The second-order valence-corrected chi connectivity index (χ2v) is 9.01. The summed E-state index contributed by atoms with van der Waals surface area (Å²) in [6.07, 6.45) is 2.05. The van der Waals surface area contributed by atoms with Crippen LogP contribution in [0.5, 0.6) is 0 Å². The van der Waals surface area contributed by atoms with Crippen molar-refractivity contribution in [3.8, 4) is 0 Å². The van der Waals surface area contributed by atoms with E-state index in [1.807, 2.05) is 31.2 Å². The van der Waals surface area contributed by atoms with E-state index in [-0.39, 0.29) is 24.9 Å². The first-order valence-electron chi connectivity index (χ1n) is 9.64. The van der Waals surface area contributed by atoms with Crippen LogP contribution in [0, 0.1) is 5.82 Å². The van der Waals surface area contributed by atoms with Gasteiger partial charge in [-0.25, -0.2) is 8.96 Å². The quantitative estimate of drug-likeness (QED) is 0.329. The topological polar surface area (TPSA) is 114 Å². The maximum absolute atomic E-state index is 13.2. The number of oxime groups is 1. The highest BCUT2D eigenvalue weighted by Crippen LogP contribution is 2.43. The van der Waals surface area contributed by atoms with Gasteiger partial charge in [-0.05, 0) is 60.9 Å². The second-order valence-electron chi connectivity index (χ2n) is 7.77. The summed E-state index contributed by atoms with van der Waals surface area (Å²) in [5.74, 6) is -0.111. The number of phosphoric ester groups is 1. The minimum atomic E-state index is -4.53. The number of hydrogen-bond donors (Lipinski definition) is 3. The molecule has 2 atom stereocenters. The molecule has 0 heterocycles. The Morgan fingerprint density at radius 3 is 2.70 bits per heavy atom. The summed E-state index contributed by atoms with van der Waals surface area (Å²) in [5, 5.41) is 4.10. The lowest BCUT2D eigenvalue weighted by molar-refractivity contribution is 0.130. The lowest BCUT2D eigenvalue weighted by Gasteiger charge is -2.24. The Morgan fingerprint density at radius 2 is 2.03 bits per heavy atom. The van der Waals surface area contributed by atoms with Gasteiger partial charge in [0, 0.05) is 5.54 Å². The fourth-order valence-electron chi connectivity index (χ4n) is 3.66. The van der Waals surface area contributed by atoms with Crippen LogP contribution < -0.4 is 5.73 Å². The Balaban J connectivity index is 1.56. The molecule has 0 amide bonds. The molecule has 7 nitrogen and oxygen atoms in total. The van der Waals surface area contributed by atoms with Crippen molar-refractivity contribution < 1.29 is 28.1 Å². The van der Waals surface area contributed by atoms with Crippen LogP contribution in [-0.2, 0) is 20.5 Å². The summed E-state index contributed by atoms with van der Waals surface area (Å²) in [6, 6.07) is 14.1. The van der Waals surface area contributed by atoms with Crippen molar-refractivity contribution in [1.29, 1.82) is 0 Å². The Morgan fingerprint density at radius 1 is 1.30 bits per heavy atom. The van der Waals surface area contributed by atoms with Crippen molar-refractivity contribution in [3.63, 3.8) is 0 Å². The molecule has 4 N–H and O–H groups in total. The summed E-state index contributed by atoms with van der Waals surface area (Å²) in [4.78, 5) is 23.1. The van der Waals surface area contributed by atoms with Crippen LogP contribution in [0.1, 0.15) is 48.8 Å². The molecule has 3 rings (SSSR count). The molecule has 1 aliphatic carbocycles. The molecule has 2 aromatic rings. The minimum Gasteiger partial charge on any atom is -0.391 e. The molecule has 0 unspecified atom stereocenters. The van der Waals surface area contributed by atoms with Gasteiger partial charge in [-0.1, -0.05) is 41.6 Å². The zero-order chi connectivity index (χ0) is 21.8. The number of halogens is 1. The number of hydrogen-bond acceptors (Lipinski definition) is 5. The average Bonchev–Trinajstić information content (AvgIpc) is 3.09. The van der Waals surface area contributed by atoms with Gasteiger partial charge >= 0.3 is 7.82 Å². The van der Waals surface area contributed by atoms with Crippen LogP contribution in [0.3, 0.4) is 0 Å². The van der Waals surface area contributed by atoms with Crippen LogP contribution in [0.4, 0.5) is 4.39 Å². The molecule has 0 aromatic heterocycles. The summed E-state index contributed by atoms with van der Waals surface area (Å²) in [6.45, 7) is 1.85. The summed E-state index contributed by atoms with van der Waals surface area (Å²) >= 11 is 0. The number of rotatable bonds is 8. The zero-order valence-electron chi connectivity index (χ0n) is 16.7. The van der Waals surface area contributed by atoms with E-state index in [1.165, 1.54) is 12.1 Å². The van der Waals surface area contributed by atoms with Gasteiger partial charge in [0.2, 0.25) is 0 Å². The molecule has 1 saturated carbocycles. The first-order valence-corrected chi connectivity index (χ1v) is 11.2. The molecule has 9 heteroatoms. The van der Waals surface area contributed by atoms with Gasteiger partial charge in [-0.15, -0.1) is 0 Å². The van der Waals surface area contributed by atoms with E-state index in [9.17, 15) is 8.96 Å². The highest BCUT2D eigenvalue weighted by Gasteiger charge is 2.38. The third kappa shape index (κ3) is 6.45. The lowest BCUT2D eigenvalue weighted by Crippen LogP contribution is -2.41. The maximum Gasteiger partial charge on any atom is 0.469 e. The number of benzene rings is 2. The first-order chi connectivity index (χ1) is 14.1. The van der Waals surface area contributed by atoms with E-state index < -0.39 is 13.4 Å². The molecule has 2 aromatic carbocycles. The second kappa shape index (κ2) is 9.37. The van der Waals surface area contributed by atoms with Crippen LogP contribution in [0.2, 0.25) is 0 Å². The van der Waals surface area contributed by atoms with Crippen LogP contribution >= 0.6 is 7.82 Å². The van der Waals surface area contributed by atoms with E-state index in [2.05, 4.69) is 9.68 Å². The maximum atomic E-state index is 13.2. The van der Waals surface area contributed by atoms with Crippen molar-refractivity contribution >= 4 is 13.5 Å². The van der Waals surface area contributed by atoms with Gasteiger partial charge in [0.25, 0.3) is 0 Å². The number of nitrogens with zero attached hydrogens (tertiary/aromatic N) is 1. The SMILES string of the molecule is CC(=NOCc1cccc(F)c1)c1ccc([C@@H]2CC[C@](N)(COP(=O)(O)O)C2)cc1. The van der Waals surface area contributed by atoms with E-state index in [0.717, 1.165) is 17.5 Å². The molecule has 0 bridgehead atoms. The zero-order valence-corrected chi connectivity index (χ0v) is 17.6. The van der Waals surface area contributed by atoms with Crippen molar-refractivity contribution in [2.24, 2.45) is 10.9 Å². The van der Waals surface area contributed by atoms with Crippen LogP contribution in [-0.4, -0.2) is 27.6 Å². The van der Waals surface area contributed by atoms with Crippen molar-refractivity contribution in [2.45, 2.75) is 44.2 Å². The molecule has 162 valence electrons. The summed E-state index contributed by atoms with van der Waals surface area (Å²) in [7, 11) is -4.53. The van der Waals surface area contributed by atoms with Crippen molar-refractivity contribution in [1.82, 2.24) is 0 Å². The standard InChI is InChI=1S/C21H26FN2O5P/c1-15(24-28-13-16-3-2-4-20(22)11-16)17-5-7-18(8-6-17)19-9-10-21(23,12-19)14-29-30(25,26)27/h2-8,11,19H,9-10,12-14,23H2,1H3,(H2,25,26,27)/t19-,21-/m1/s1. The summed E-state index contributed by atoms with van der Waals surface area (Å²) in [5.41, 5.74) is 8.93. The van der Waals surface area contributed by atoms with E-state index in [1.54, 1.807) is 12.1 Å². The first kappa shape index (κ1) is 22.6. The predicted molar refractivity (Wildman–Crippen MR) is 111 cm³/mol. The van der Waals surface area contributed by atoms with Gasteiger partial charge in [0.15, 0.2) is 0 Å². The average molecular weight is 436 g/mol. The fourth-order valence-corrected chi connectivity index (χ4v) is 4.09. The molecular weight excluding hydrogens is 410 g/mol. The highest BCUT2D eigenvalue weighted by molar-refractivity contribution is 7.46. The van der Waals surface area contributed by atoms with E-state index >= 15 is 0 Å². The minimum absolute atomic E-state index is 0.166. The van der Waals surface area contributed by atoms with Crippen LogP contribution in [0.15, 0.2) is 53.7 Å². The van der Waals surface area contributed by atoms with Gasteiger partial charge in [0.05, 0.1) is 12.3 Å². The van der Waals surface area contributed by atoms with Crippen molar-refractivity contribution in [3.05, 3.63) is 71.0 Å². The summed E-state index contributed by atoms with van der Waals surface area (Å²) < 4.78 is 28.7. The lowest BCUT2D eigenvalue weighted by atomic mass is 9.93. The smallest absolute Gasteiger partial charge is 0.391 e. The van der Waals surface area contributed by atoms with Crippen molar-refractivity contribution in [2.75, 3.05) is 6.61 Å². The Labute approximate surface area is 174 Å². The molecule has 1 aliphatic rings. The fraction of sp³-hybridized carbons (Fsp3) is 0.381. The predicted octanol–water partition coefficient (Wildman–Crippen LogP) is 3.84. The van der Waals surface area contributed by atoms with Gasteiger partial charge in [0.1, 0.15) is 12.4 Å². The Hall–Kier alpha value is -2.09. The van der Waals surface area contributed by atoms with E-state index in [0.29, 0.717) is 24.1 Å². The molecule has 0 radical (unpaired) electrons. The molecule has 0 spiro atoms. The third-order valence-electron chi connectivity index (χ3n) is 5.29. The molecule has 0 aliphatic heterocycles. The van der Waals surface area contributed by atoms with Gasteiger partial charge in [-0.2, -0.15) is 0 Å². The van der Waals surface area contributed by atoms with Crippen LogP contribution in [0.25, 0.3) is 0 Å². The Kier molecular flexibility index (Phi) is 7.06.